The number of hydrogen-bond donors (Lipinski definition) is 1. The van der Waals surface area contributed by atoms with Gasteiger partial charge in [-0.3, -0.25) is 4.79 Å². The van der Waals surface area contributed by atoms with Gasteiger partial charge in [0.2, 0.25) is 0 Å². The van der Waals surface area contributed by atoms with Crippen LogP contribution in [0.4, 0.5) is 0 Å². The van der Waals surface area contributed by atoms with Crippen LogP contribution in [0.25, 0.3) is 0 Å². The molecule has 21 heavy (non-hydrogen) atoms. The predicted molar refractivity (Wildman–Crippen MR) is 81.4 cm³/mol. The third-order valence-electron chi connectivity index (χ3n) is 4.50. The van der Waals surface area contributed by atoms with Gasteiger partial charge in [0.15, 0.2) is 0 Å². The molecule has 0 radical (unpaired) electrons. The Balaban J connectivity index is 1.63. The molecule has 114 valence electrons. The van der Waals surface area contributed by atoms with Crippen LogP contribution in [0.3, 0.4) is 0 Å². The van der Waals surface area contributed by atoms with Gasteiger partial charge in [-0.1, -0.05) is 15.9 Å². The van der Waals surface area contributed by atoms with Gasteiger partial charge in [0.25, 0.3) is 0 Å². The Labute approximate surface area is 132 Å². The average molecular weight is 355 g/mol. The van der Waals surface area contributed by atoms with Crippen LogP contribution in [0.1, 0.15) is 25.7 Å². The molecular formula is C16H19BrO4. The van der Waals surface area contributed by atoms with E-state index >= 15 is 0 Å². The summed E-state index contributed by atoms with van der Waals surface area (Å²) in [5.74, 6) is 0.452. The van der Waals surface area contributed by atoms with E-state index in [1.54, 1.807) is 0 Å². The lowest BCUT2D eigenvalue weighted by molar-refractivity contribution is -0.154. The van der Waals surface area contributed by atoms with E-state index in [1.165, 1.54) is 0 Å². The summed E-state index contributed by atoms with van der Waals surface area (Å²) in [6, 6.07) is 7.57. The van der Waals surface area contributed by atoms with E-state index in [9.17, 15) is 9.90 Å². The number of carbonyl (C=O) groups is 1. The van der Waals surface area contributed by atoms with Crippen LogP contribution in [0.5, 0.6) is 5.75 Å². The summed E-state index contributed by atoms with van der Waals surface area (Å²) < 4.78 is 12.4. The van der Waals surface area contributed by atoms with Crippen molar-refractivity contribution in [2.45, 2.75) is 31.8 Å². The van der Waals surface area contributed by atoms with Gasteiger partial charge in [0.1, 0.15) is 5.75 Å². The van der Waals surface area contributed by atoms with Crippen LogP contribution in [0, 0.1) is 11.3 Å². The Morgan fingerprint density at radius 1 is 1.38 bits per heavy atom. The number of carboxylic acid groups (broad SMARTS) is 1. The van der Waals surface area contributed by atoms with Crippen LogP contribution in [0.2, 0.25) is 0 Å². The summed E-state index contributed by atoms with van der Waals surface area (Å²) in [7, 11) is 0. The first-order chi connectivity index (χ1) is 10.1. The molecule has 4 nitrogen and oxygen atoms in total. The molecule has 0 bridgehead atoms. The summed E-state index contributed by atoms with van der Waals surface area (Å²) in [4.78, 5) is 11.8. The Kier molecular flexibility index (Phi) is 4.22. The van der Waals surface area contributed by atoms with Crippen molar-refractivity contribution in [1.29, 1.82) is 0 Å². The molecule has 2 unspecified atom stereocenters. The van der Waals surface area contributed by atoms with Gasteiger partial charge in [0.05, 0.1) is 18.1 Å². The zero-order valence-electron chi connectivity index (χ0n) is 11.8. The first kappa shape index (κ1) is 14.9. The van der Waals surface area contributed by atoms with Gasteiger partial charge >= 0.3 is 5.97 Å². The van der Waals surface area contributed by atoms with Gasteiger partial charge in [-0.25, -0.2) is 0 Å². The molecule has 1 heterocycles. The molecule has 1 aromatic carbocycles. The van der Waals surface area contributed by atoms with Gasteiger partial charge in [0, 0.05) is 17.5 Å². The smallest absolute Gasteiger partial charge is 0.312 e. The largest absolute Gasteiger partial charge is 0.494 e. The lowest BCUT2D eigenvalue weighted by Crippen LogP contribution is -2.41. The van der Waals surface area contributed by atoms with E-state index in [4.69, 9.17) is 9.47 Å². The average Bonchev–Trinajstić information content (AvgIpc) is 3.21. The first-order valence-corrected chi connectivity index (χ1v) is 8.14. The second-order valence-electron chi connectivity index (χ2n) is 5.89. The van der Waals surface area contributed by atoms with E-state index in [1.807, 2.05) is 24.3 Å². The quantitative estimate of drug-likeness (QED) is 0.849. The molecule has 1 aliphatic heterocycles. The number of carboxylic acids is 1. The highest BCUT2D eigenvalue weighted by molar-refractivity contribution is 9.10. The Bertz CT molecular complexity index is 512. The number of hydrogen-bond acceptors (Lipinski definition) is 3. The third-order valence-corrected chi connectivity index (χ3v) is 5.03. The molecule has 1 N–H and O–H groups in total. The van der Waals surface area contributed by atoms with Crippen molar-refractivity contribution in [1.82, 2.24) is 0 Å². The van der Waals surface area contributed by atoms with Crippen LogP contribution in [-0.4, -0.2) is 30.4 Å². The van der Waals surface area contributed by atoms with Crippen molar-refractivity contribution < 1.29 is 19.4 Å². The third kappa shape index (κ3) is 3.09. The minimum absolute atomic E-state index is 0.136. The fourth-order valence-electron chi connectivity index (χ4n) is 3.14. The summed E-state index contributed by atoms with van der Waals surface area (Å²) in [6.07, 6.45) is 3.14. The van der Waals surface area contributed by atoms with Crippen molar-refractivity contribution in [2.24, 2.45) is 11.3 Å². The minimum Gasteiger partial charge on any atom is -0.494 e. The number of ether oxygens (including phenoxy) is 2. The van der Waals surface area contributed by atoms with Gasteiger partial charge in [-0.05, 0) is 49.4 Å². The van der Waals surface area contributed by atoms with Gasteiger partial charge in [-0.2, -0.15) is 0 Å². The topological polar surface area (TPSA) is 55.8 Å². The maximum absolute atomic E-state index is 11.8. The molecule has 5 heteroatoms. The molecule has 3 rings (SSSR count). The van der Waals surface area contributed by atoms with Crippen LogP contribution < -0.4 is 4.74 Å². The fourth-order valence-corrected chi connectivity index (χ4v) is 3.41. The summed E-state index contributed by atoms with van der Waals surface area (Å²) in [5, 5.41) is 9.70. The number of rotatable bonds is 6. The minimum atomic E-state index is -0.767. The van der Waals surface area contributed by atoms with Crippen molar-refractivity contribution in [3.8, 4) is 5.75 Å². The van der Waals surface area contributed by atoms with E-state index in [0.29, 0.717) is 32.0 Å². The summed E-state index contributed by atoms with van der Waals surface area (Å²) in [5.41, 5.74) is -0.767. The van der Waals surface area contributed by atoms with Crippen molar-refractivity contribution >= 4 is 21.9 Å². The predicted octanol–water partition coefficient (Wildman–Crippen LogP) is 3.49. The van der Waals surface area contributed by atoms with E-state index in [-0.39, 0.29) is 6.10 Å². The lowest BCUT2D eigenvalue weighted by Gasteiger charge is -2.29. The molecule has 0 spiro atoms. The molecule has 1 aliphatic carbocycles. The van der Waals surface area contributed by atoms with Crippen LogP contribution >= 0.6 is 15.9 Å². The zero-order chi connectivity index (χ0) is 14.9. The Morgan fingerprint density at radius 2 is 2.10 bits per heavy atom. The molecular weight excluding hydrogens is 336 g/mol. The lowest BCUT2D eigenvalue weighted by atomic mass is 9.76. The number of halogens is 1. The van der Waals surface area contributed by atoms with E-state index in [2.05, 4.69) is 15.9 Å². The number of aliphatic carboxylic acids is 1. The van der Waals surface area contributed by atoms with Crippen molar-refractivity contribution in [3.05, 3.63) is 28.7 Å². The first-order valence-electron chi connectivity index (χ1n) is 7.35. The van der Waals surface area contributed by atoms with Gasteiger partial charge in [-0.15, -0.1) is 0 Å². The maximum Gasteiger partial charge on any atom is 0.312 e. The van der Waals surface area contributed by atoms with E-state index < -0.39 is 11.4 Å². The molecule has 2 fully saturated rings. The highest BCUT2D eigenvalue weighted by Gasteiger charge is 2.55. The maximum atomic E-state index is 11.8. The standard InChI is InChI=1S/C16H19BrO4/c17-12-3-5-13(6-4-12)20-9-7-16(15(18)19)8-10-21-14(16)11-1-2-11/h3-6,11,14H,1-2,7-10H2,(H,18,19). The Morgan fingerprint density at radius 3 is 2.71 bits per heavy atom. The molecule has 1 aromatic rings. The second-order valence-corrected chi connectivity index (χ2v) is 6.81. The highest BCUT2D eigenvalue weighted by Crippen LogP contribution is 2.49. The van der Waals surface area contributed by atoms with Crippen molar-refractivity contribution in [2.75, 3.05) is 13.2 Å². The molecule has 0 aromatic heterocycles. The molecule has 2 atom stereocenters. The molecule has 2 aliphatic rings. The second kappa shape index (κ2) is 5.97. The van der Waals surface area contributed by atoms with Crippen molar-refractivity contribution in [3.63, 3.8) is 0 Å². The highest BCUT2D eigenvalue weighted by atomic mass is 79.9. The Hall–Kier alpha value is -1.07. The SMILES string of the molecule is O=C(O)C1(CCOc2ccc(Br)cc2)CCOC1C1CC1. The molecule has 1 saturated heterocycles. The molecule has 1 saturated carbocycles. The summed E-state index contributed by atoms with van der Waals surface area (Å²) in [6.45, 7) is 0.951. The number of benzene rings is 1. The van der Waals surface area contributed by atoms with Gasteiger partial charge < -0.3 is 14.6 Å². The van der Waals surface area contributed by atoms with Crippen LogP contribution in [-0.2, 0) is 9.53 Å². The van der Waals surface area contributed by atoms with Crippen LogP contribution in [0.15, 0.2) is 28.7 Å². The molecule has 0 amide bonds. The summed E-state index contributed by atoms with van der Waals surface area (Å²) >= 11 is 3.38. The normalized spacial score (nSPS) is 28.5. The monoisotopic (exact) mass is 354 g/mol. The fraction of sp³-hybridized carbons (Fsp3) is 0.562. The zero-order valence-corrected chi connectivity index (χ0v) is 13.3. The van der Waals surface area contributed by atoms with E-state index in [0.717, 1.165) is 23.1 Å².